The molecule has 29 heavy (non-hydrogen) atoms. The lowest BCUT2D eigenvalue weighted by Gasteiger charge is -2.03. The van der Waals surface area contributed by atoms with Gasteiger partial charge in [-0.15, -0.1) is 0 Å². The van der Waals surface area contributed by atoms with Crippen molar-refractivity contribution in [1.29, 1.82) is 0 Å². The Bertz CT molecular complexity index is 1020. The van der Waals surface area contributed by atoms with E-state index in [0.29, 0.717) is 19.4 Å². The average Bonchev–Trinajstić information content (AvgIpc) is 3.09. The summed E-state index contributed by atoms with van der Waals surface area (Å²) in [5, 5.41) is 2.90. The van der Waals surface area contributed by atoms with E-state index in [1.807, 2.05) is 49.4 Å². The molecule has 0 radical (unpaired) electrons. The summed E-state index contributed by atoms with van der Waals surface area (Å²) in [6.07, 6.45) is 5.15. The average molecular weight is 391 g/mol. The molecule has 0 bridgehead atoms. The highest BCUT2D eigenvalue weighted by Crippen LogP contribution is 2.19. The predicted octanol–water partition coefficient (Wildman–Crippen LogP) is 4.47. The number of aromatic amines is 1. The number of hydrogen-bond donors (Lipinski definition) is 2. The standard InChI is InChI=1S/C23H25N3O3/c1-3-5-22(27)24-18-11-12-19-20(15-18)26-21(25-19)14-17-8-6-16(7-9-17)10-13-23(28)29-4-2/h6-13,15H,3-5,14H2,1-2H3,(H,24,27)(H,25,26). The minimum absolute atomic E-state index is 0.0173. The number of carbonyl (C=O) groups excluding carboxylic acids is 2. The van der Waals surface area contributed by atoms with E-state index >= 15 is 0 Å². The third-order valence-corrected chi connectivity index (χ3v) is 4.34. The normalized spacial score (nSPS) is 11.1. The van der Waals surface area contributed by atoms with Crippen molar-refractivity contribution >= 4 is 34.7 Å². The minimum Gasteiger partial charge on any atom is -0.463 e. The summed E-state index contributed by atoms with van der Waals surface area (Å²) >= 11 is 0. The smallest absolute Gasteiger partial charge is 0.330 e. The van der Waals surface area contributed by atoms with Crippen LogP contribution in [0.2, 0.25) is 0 Å². The highest BCUT2D eigenvalue weighted by atomic mass is 16.5. The molecule has 1 amide bonds. The first-order valence-electron chi connectivity index (χ1n) is 9.79. The van der Waals surface area contributed by atoms with Gasteiger partial charge in [0.25, 0.3) is 0 Å². The van der Waals surface area contributed by atoms with Crippen LogP contribution in [0.5, 0.6) is 0 Å². The van der Waals surface area contributed by atoms with Crippen LogP contribution in [0.1, 0.15) is 43.6 Å². The van der Waals surface area contributed by atoms with Gasteiger partial charge in [0.05, 0.1) is 17.6 Å². The lowest BCUT2D eigenvalue weighted by molar-refractivity contribution is -0.137. The third-order valence-electron chi connectivity index (χ3n) is 4.34. The first kappa shape index (κ1) is 20.3. The van der Waals surface area contributed by atoms with E-state index < -0.39 is 0 Å². The number of nitrogens with one attached hydrogen (secondary N) is 2. The van der Waals surface area contributed by atoms with Gasteiger partial charge in [-0.3, -0.25) is 4.79 Å². The lowest BCUT2D eigenvalue weighted by atomic mass is 10.1. The maximum atomic E-state index is 11.8. The molecular formula is C23H25N3O3. The highest BCUT2D eigenvalue weighted by Gasteiger charge is 2.07. The Kier molecular flexibility index (Phi) is 6.79. The summed E-state index contributed by atoms with van der Waals surface area (Å²) in [4.78, 5) is 31.1. The second kappa shape index (κ2) is 9.68. The molecular weight excluding hydrogens is 366 g/mol. The van der Waals surface area contributed by atoms with Gasteiger partial charge in [0.15, 0.2) is 0 Å². The van der Waals surface area contributed by atoms with E-state index in [4.69, 9.17) is 4.74 Å². The molecule has 2 N–H and O–H groups in total. The minimum atomic E-state index is -0.343. The maximum absolute atomic E-state index is 11.8. The van der Waals surface area contributed by atoms with Crippen molar-refractivity contribution < 1.29 is 14.3 Å². The molecule has 1 aromatic heterocycles. The number of benzene rings is 2. The SMILES string of the molecule is CCCC(=O)Nc1ccc2nc(Cc3ccc(C=CC(=O)OCC)cc3)[nH]c2c1. The zero-order valence-electron chi connectivity index (χ0n) is 16.7. The van der Waals surface area contributed by atoms with E-state index in [1.165, 1.54) is 6.08 Å². The second-order valence-electron chi connectivity index (χ2n) is 6.72. The van der Waals surface area contributed by atoms with Gasteiger partial charge in [0.2, 0.25) is 5.91 Å². The Balaban J connectivity index is 1.66. The van der Waals surface area contributed by atoms with Gasteiger partial charge in [-0.2, -0.15) is 0 Å². The van der Waals surface area contributed by atoms with Crippen LogP contribution in [-0.4, -0.2) is 28.5 Å². The molecule has 0 spiro atoms. The van der Waals surface area contributed by atoms with Crippen molar-refractivity contribution in [2.45, 2.75) is 33.1 Å². The van der Waals surface area contributed by atoms with Gasteiger partial charge in [0.1, 0.15) is 5.82 Å². The Morgan fingerprint density at radius 2 is 1.93 bits per heavy atom. The van der Waals surface area contributed by atoms with Crippen molar-refractivity contribution in [2.24, 2.45) is 0 Å². The van der Waals surface area contributed by atoms with Gasteiger partial charge in [-0.25, -0.2) is 9.78 Å². The van der Waals surface area contributed by atoms with Crippen LogP contribution in [0.15, 0.2) is 48.5 Å². The number of nitrogens with zero attached hydrogens (tertiary/aromatic N) is 1. The van der Waals surface area contributed by atoms with Crippen LogP contribution in [0.4, 0.5) is 5.69 Å². The Morgan fingerprint density at radius 1 is 1.14 bits per heavy atom. The number of rotatable bonds is 8. The van der Waals surface area contributed by atoms with E-state index in [1.54, 1.807) is 13.0 Å². The molecule has 0 aliphatic carbocycles. The molecule has 0 atom stereocenters. The number of aromatic nitrogens is 2. The summed E-state index contributed by atoms with van der Waals surface area (Å²) < 4.78 is 4.88. The van der Waals surface area contributed by atoms with Crippen LogP contribution < -0.4 is 5.32 Å². The van der Waals surface area contributed by atoms with E-state index in [-0.39, 0.29) is 11.9 Å². The molecule has 0 saturated heterocycles. The number of amides is 1. The first-order valence-corrected chi connectivity index (χ1v) is 9.79. The van der Waals surface area contributed by atoms with Crippen LogP contribution in [0, 0.1) is 0 Å². The summed E-state index contributed by atoms with van der Waals surface area (Å²) in [5.74, 6) is 0.527. The number of fused-ring (bicyclic) bond motifs is 1. The highest BCUT2D eigenvalue weighted by molar-refractivity contribution is 5.93. The molecule has 0 unspecified atom stereocenters. The van der Waals surface area contributed by atoms with Crippen LogP contribution >= 0.6 is 0 Å². The van der Waals surface area contributed by atoms with Gasteiger partial charge in [0, 0.05) is 24.6 Å². The van der Waals surface area contributed by atoms with Crippen molar-refractivity contribution in [3.63, 3.8) is 0 Å². The van der Waals surface area contributed by atoms with Gasteiger partial charge >= 0.3 is 5.97 Å². The molecule has 3 rings (SSSR count). The number of ether oxygens (including phenoxy) is 1. The third kappa shape index (κ3) is 5.78. The fourth-order valence-corrected chi connectivity index (χ4v) is 2.97. The fourth-order valence-electron chi connectivity index (χ4n) is 2.97. The second-order valence-corrected chi connectivity index (χ2v) is 6.72. The number of hydrogen-bond acceptors (Lipinski definition) is 4. The van der Waals surface area contributed by atoms with Crippen LogP contribution in [0.25, 0.3) is 17.1 Å². The topological polar surface area (TPSA) is 84.1 Å². The number of anilines is 1. The zero-order chi connectivity index (χ0) is 20.6. The van der Waals surface area contributed by atoms with Gasteiger partial charge in [-0.1, -0.05) is 31.2 Å². The summed E-state index contributed by atoms with van der Waals surface area (Å²) in [6.45, 7) is 4.13. The van der Waals surface area contributed by atoms with Crippen molar-refractivity contribution in [2.75, 3.05) is 11.9 Å². The molecule has 3 aromatic rings. The molecule has 0 aliphatic rings. The van der Waals surface area contributed by atoms with E-state index in [0.717, 1.165) is 40.1 Å². The largest absolute Gasteiger partial charge is 0.463 e. The molecule has 0 fully saturated rings. The molecule has 6 nitrogen and oxygen atoms in total. The molecule has 1 heterocycles. The van der Waals surface area contributed by atoms with E-state index in [9.17, 15) is 9.59 Å². The van der Waals surface area contributed by atoms with Crippen molar-refractivity contribution in [3.05, 3.63) is 65.5 Å². The zero-order valence-corrected chi connectivity index (χ0v) is 16.7. The number of imidazole rings is 1. The molecule has 0 aliphatic heterocycles. The summed E-state index contributed by atoms with van der Waals surface area (Å²) in [7, 11) is 0. The van der Waals surface area contributed by atoms with Crippen LogP contribution in [0.3, 0.4) is 0 Å². The monoisotopic (exact) mass is 391 g/mol. The van der Waals surface area contributed by atoms with Crippen LogP contribution in [-0.2, 0) is 20.7 Å². The van der Waals surface area contributed by atoms with Crippen molar-refractivity contribution in [3.8, 4) is 0 Å². The number of esters is 1. The molecule has 150 valence electrons. The quantitative estimate of drug-likeness (QED) is 0.438. The number of H-pyrrole nitrogens is 1. The van der Waals surface area contributed by atoms with Crippen molar-refractivity contribution in [1.82, 2.24) is 9.97 Å². The lowest BCUT2D eigenvalue weighted by Crippen LogP contribution is -2.10. The van der Waals surface area contributed by atoms with Gasteiger partial charge in [-0.05, 0) is 48.7 Å². The molecule has 0 saturated carbocycles. The fraction of sp³-hybridized carbons (Fsp3) is 0.261. The molecule has 2 aromatic carbocycles. The Morgan fingerprint density at radius 3 is 2.66 bits per heavy atom. The Hall–Kier alpha value is -3.41. The number of carbonyl (C=O) groups is 2. The first-order chi connectivity index (χ1) is 14.1. The van der Waals surface area contributed by atoms with Gasteiger partial charge < -0.3 is 15.0 Å². The molecule has 6 heteroatoms. The van der Waals surface area contributed by atoms with E-state index in [2.05, 4.69) is 15.3 Å². The Labute approximate surface area is 170 Å². The summed E-state index contributed by atoms with van der Waals surface area (Å²) in [6, 6.07) is 13.6. The predicted molar refractivity (Wildman–Crippen MR) is 115 cm³/mol. The maximum Gasteiger partial charge on any atom is 0.330 e. The summed E-state index contributed by atoms with van der Waals surface area (Å²) in [5.41, 5.74) is 4.56.